The first kappa shape index (κ1) is 11.5. The van der Waals surface area contributed by atoms with Crippen molar-refractivity contribution in [2.24, 2.45) is 11.8 Å². The summed E-state index contributed by atoms with van der Waals surface area (Å²) in [6, 6.07) is 0. The van der Waals surface area contributed by atoms with Gasteiger partial charge in [0.15, 0.2) is 0 Å². The van der Waals surface area contributed by atoms with E-state index in [2.05, 4.69) is 6.92 Å². The van der Waals surface area contributed by atoms with E-state index in [1.165, 1.54) is 6.92 Å². The topological polar surface area (TPSA) is 43.4 Å². The standard InChI is InChI=1S/C10H15ClO3/c1-6-3-4-8(10(11)13)9(5-6)14-7(2)12/h6,8-9H,3-5H2,1-2H3. The number of ether oxygens (including phenoxy) is 1. The Kier molecular flexibility index (Phi) is 3.93. The summed E-state index contributed by atoms with van der Waals surface area (Å²) in [7, 11) is 0. The second-order valence-corrected chi connectivity index (χ2v) is 4.35. The average molecular weight is 219 g/mol. The summed E-state index contributed by atoms with van der Waals surface area (Å²) >= 11 is 5.45. The molecule has 0 N–H and O–H groups in total. The van der Waals surface area contributed by atoms with Crippen molar-refractivity contribution < 1.29 is 14.3 Å². The number of halogens is 1. The number of carbonyl (C=O) groups is 2. The van der Waals surface area contributed by atoms with Crippen molar-refractivity contribution in [3.8, 4) is 0 Å². The van der Waals surface area contributed by atoms with Crippen molar-refractivity contribution in [3.05, 3.63) is 0 Å². The summed E-state index contributed by atoms with van der Waals surface area (Å²) in [6.45, 7) is 3.44. The van der Waals surface area contributed by atoms with Crippen LogP contribution in [0.15, 0.2) is 0 Å². The highest BCUT2D eigenvalue weighted by Crippen LogP contribution is 2.32. The molecule has 0 radical (unpaired) electrons. The number of rotatable bonds is 2. The molecular formula is C10H15ClO3. The number of esters is 1. The Morgan fingerprint density at radius 1 is 1.36 bits per heavy atom. The van der Waals surface area contributed by atoms with Gasteiger partial charge in [-0.25, -0.2) is 0 Å². The molecule has 0 saturated heterocycles. The lowest BCUT2D eigenvalue weighted by Crippen LogP contribution is -2.35. The fraction of sp³-hybridized carbons (Fsp3) is 0.800. The minimum Gasteiger partial charge on any atom is -0.462 e. The summed E-state index contributed by atoms with van der Waals surface area (Å²) in [6.07, 6.45) is 2.12. The maximum atomic E-state index is 11.1. The highest BCUT2D eigenvalue weighted by atomic mass is 35.5. The third-order valence-electron chi connectivity index (χ3n) is 2.66. The Balaban J connectivity index is 2.63. The van der Waals surface area contributed by atoms with Crippen LogP contribution in [0.2, 0.25) is 0 Å². The molecule has 0 amide bonds. The van der Waals surface area contributed by atoms with Gasteiger partial charge in [-0.15, -0.1) is 0 Å². The van der Waals surface area contributed by atoms with Crippen LogP contribution in [0.3, 0.4) is 0 Å². The number of carbonyl (C=O) groups excluding carboxylic acids is 2. The van der Waals surface area contributed by atoms with Crippen LogP contribution in [0.4, 0.5) is 0 Å². The highest BCUT2D eigenvalue weighted by Gasteiger charge is 2.34. The van der Waals surface area contributed by atoms with Crippen molar-refractivity contribution in [1.82, 2.24) is 0 Å². The molecule has 4 heteroatoms. The van der Waals surface area contributed by atoms with Crippen LogP contribution in [-0.4, -0.2) is 17.3 Å². The monoisotopic (exact) mass is 218 g/mol. The van der Waals surface area contributed by atoms with Gasteiger partial charge < -0.3 is 4.74 Å². The lowest BCUT2D eigenvalue weighted by molar-refractivity contribution is -0.153. The predicted molar refractivity (Wildman–Crippen MR) is 52.9 cm³/mol. The van der Waals surface area contributed by atoms with Gasteiger partial charge in [-0.2, -0.15) is 0 Å². The van der Waals surface area contributed by atoms with Crippen LogP contribution in [-0.2, 0) is 14.3 Å². The van der Waals surface area contributed by atoms with E-state index in [1.807, 2.05) is 0 Å². The second kappa shape index (κ2) is 4.78. The fourth-order valence-electron chi connectivity index (χ4n) is 1.93. The summed E-state index contributed by atoms with van der Waals surface area (Å²) in [4.78, 5) is 21.9. The molecule has 0 heterocycles. The van der Waals surface area contributed by atoms with Crippen molar-refractivity contribution in [2.75, 3.05) is 0 Å². The van der Waals surface area contributed by atoms with Gasteiger partial charge in [-0.1, -0.05) is 6.92 Å². The molecule has 0 bridgehead atoms. The normalized spacial score (nSPS) is 32.4. The van der Waals surface area contributed by atoms with Gasteiger partial charge in [0.25, 0.3) is 0 Å². The van der Waals surface area contributed by atoms with Gasteiger partial charge in [0.2, 0.25) is 5.24 Å². The minimum absolute atomic E-state index is 0.309. The van der Waals surface area contributed by atoms with Gasteiger partial charge in [0.1, 0.15) is 6.10 Å². The Hall–Kier alpha value is -0.570. The average Bonchev–Trinajstić information content (AvgIpc) is 2.01. The predicted octanol–water partition coefficient (Wildman–Crippen LogP) is 2.12. The van der Waals surface area contributed by atoms with Gasteiger partial charge in [-0.05, 0) is 36.8 Å². The van der Waals surface area contributed by atoms with E-state index in [9.17, 15) is 9.59 Å². The van der Waals surface area contributed by atoms with E-state index in [1.54, 1.807) is 0 Å². The van der Waals surface area contributed by atoms with Crippen LogP contribution in [0.1, 0.15) is 33.1 Å². The lowest BCUT2D eigenvalue weighted by Gasteiger charge is -2.31. The van der Waals surface area contributed by atoms with Crippen molar-refractivity contribution in [1.29, 1.82) is 0 Å². The van der Waals surface area contributed by atoms with Crippen LogP contribution >= 0.6 is 11.6 Å². The van der Waals surface area contributed by atoms with E-state index >= 15 is 0 Å². The van der Waals surface area contributed by atoms with Gasteiger partial charge >= 0.3 is 5.97 Å². The maximum Gasteiger partial charge on any atom is 0.302 e. The van der Waals surface area contributed by atoms with Crippen LogP contribution in [0.25, 0.3) is 0 Å². The third kappa shape index (κ3) is 2.98. The molecule has 14 heavy (non-hydrogen) atoms. The SMILES string of the molecule is CC(=O)OC1CC(C)CCC1C(=O)Cl. The number of hydrogen-bond donors (Lipinski definition) is 0. The fourth-order valence-corrected chi connectivity index (χ4v) is 2.18. The smallest absolute Gasteiger partial charge is 0.302 e. The second-order valence-electron chi connectivity index (χ2n) is 3.98. The molecule has 3 nitrogen and oxygen atoms in total. The molecule has 1 saturated carbocycles. The Bertz CT molecular complexity index is 240. The summed E-state index contributed by atoms with van der Waals surface area (Å²) in [5, 5.41) is -0.386. The van der Waals surface area contributed by atoms with E-state index in [0.717, 1.165) is 19.3 Å². The molecule has 80 valence electrons. The summed E-state index contributed by atoms with van der Waals surface area (Å²) in [5.41, 5.74) is 0. The minimum atomic E-state index is -0.386. The Morgan fingerprint density at radius 2 is 2.00 bits per heavy atom. The quantitative estimate of drug-likeness (QED) is 0.527. The third-order valence-corrected chi connectivity index (χ3v) is 2.94. The van der Waals surface area contributed by atoms with Crippen LogP contribution < -0.4 is 0 Å². The van der Waals surface area contributed by atoms with Crippen molar-refractivity contribution >= 4 is 22.8 Å². The van der Waals surface area contributed by atoms with Crippen molar-refractivity contribution in [3.63, 3.8) is 0 Å². The van der Waals surface area contributed by atoms with Crippen molar-refractivity contribution in [2.45, 2.75) is 39.2 Å². The number of hydrogen-bond acceptors (Lipinski definition) is 3. The zero-order valence-electron chi connectivity index (χ0n) is 8.46. The first-order valence-electron chi connectivity index (χ1n) is 4.87. The Labute approximate surface area is 88.8 Å². The largest absolute Gasteiger partial charge is 0.462 e. The molecule has 3 atom stereocenters. The Morgan fingerprint density at radius 3 is 2.50 bits per heavy atom. The molecule has 0 spiro atoms. The molecule has 1 aliphatic carbocycles. The van der Waals surface area contributed by atoms with Gasteiger partial charge in [-0.3, -0.25) is 9.59 Å². The van der Waals surface area contributed by atoms with Gasteiger partial charge in [0.05, 0.1) is 5.92 Å². The summed E-state index contributed by atoms with van der Waals surface area (Å²) < 4.78 is 5.09. The zero-order valence-corrected chi connectivity index (χ0v) is 9.21. The van der Waals surface area contributed by atoms with Gasteiger partial charge in [0, 0.05) is 6.92 Å². The maximum absolute atomic E-state index is 11.1. The molecule has 0 aromatic rings. The molecule has 3 unspecified atom stereocenters. The highest BCUT2D eigenvalue weighted by molar-refractivity contribution is 6.64. The lowest BCUT2D eigenvalue weighted by atomic mass is 9.81. The first-order chi connectivity index (χ1) is 6.50. The van der Waals surface area contributed by atoms with E-state index in [0.29, 0.717) is 5.92 Å². The molecule has 0 aliphatic heterocycles. The van der Waals surface area contributed by atoms with Crippen LogP contribution in [0.5, 0.6) is 0 Å². The first-order valence-corrected chi connectivity index (χ1v) is 5.25. The molecule has 1 fully saturated rings. The molecule has 1 aliphatic rings. The van der Waals surface area contributed by atoms with E-state index < -0.39 is 0 Å². The molecule has 0 aromatic heterocycles. The van der Waals surface area contributed by atoms with E-state index in [-0.39, 0.29) is 23.2 Å². The zero-order chi connectivity index (χ0) is 10.7. The molecule has 1 rings (SSSR count). The van der Waals surface area contributed by atoms with E-state index in [4.69, 9.17) is 16.3 Å². The van der Waals surface area contributed by atoms with Crippen LogP contribution in [0, 0.1) is 11.8 Å². The molecule has 0 aromatic carbocycles. The molecular weight excluding hydrogens is 204 g/mol. The summed E-state index contributed by atoms with van der Waals surface area (Å²) in [5.74, 6) is -0.157.